The molecule has 0 spiro atoms. The summed E-state index contributed by atoms with van der Waals surface area (Å²) in [6, 6.07) is -0.831. The van der Waals surface area contributed by atoms with Gasteiger partial charge in [0.05, 0.1) is 25.4 Å². The van der Waals surface area contributed by atoms with Crippen molar-refractivity contribution in [2.45, 2.75) is 416 Å². The smallest absolute Gasteiger partial charge is 0.220 e. The van der Waals surface area contributed by atoms with Crippen LogP contribution in [0, 0.1) is 0 Å². The molecule has 87 heavy (non-hydrogen) atoms. The van der Waals surface area contributed by atoms with Crippen LogP contribution in [0.5, 0.6) is 0 Å². The van der Waals surface area contributed by atoms with Gasteiger partial charge in [0.1, 0.15) is 24.4 Å². The van der Waals surface area contributed by atoms with Crippen molar-refractivity contribution in [2.24, 2.45) is 0 Å². The molecule has 0 radical (unpaired) electrons. The molecule has 1 heterocycles. The van der Waals surface area contributed by atoms with E-state index in [4.69, 9.17) is 9.47 Å². The van der Waals surface area contributed by atoms with Gasteiger partial charge >= 0.3 is 0 Å². The highest BCUT2D eigenvalue weighted by Crippen LogP contribution is 2.24. The van der Waals surface area contributed by atoms with Gasteiger partial charge in [-0.15, -0.1) is 0 Å². The summed E-state index contributed by atoms with van der Waals surface area (Å²) in [6.07, 6.45) is 86.4. The van der Waals surface area contributed by atoms with E-state index in [1.807, 2.05) is 6.08 Å². The molecule has 0 saturated carbocycles. The molecule has 1 aliphatic heterocycles. The Hall–Kier alpha value is -2.11. The lowest BCUT2D eigenvalue weighted by atomic mass is 9.99. The highest BCUT2D eigenvalue weighted by atomic mass is 16.7. The topological polar surface area (TPSA) is 149 Å². The first-order chi connectivity index (χ1) is 42.8. The van der Waals surface area contributed by atoms with Gasteiger partial charge in [0.15, 0.2) is 6.29 Å². The molecule has 1 amide bonds. The molecule has 0 aromatic rings. The Labute approximate surface area is 538 Å². The predicted molar refractivity (Wildman–Crippen MR) is 373 cm³/mol. The third kappa shape index (κ3) is 55.3. The molecule has 0 aromatic carbocycles. The zero-order valence-corrected chi connectivity index (χ0v) is 57.3. The minimum absolute atomic E-state index is 0.185. The summed E-state index contributed by atoms with van der Waals surface area (Å²) in [5.74, 6) is -0.185. The Morgan fingerprint density at radius 1 is 0.391 bits per heavy atom. The predicted octanol–water partition coefficient (Wildman–Crippen LogP) is 21.3. The number of aliphatic hydroxyl groups is 5. The second kappa shape index (κ2) is 66.8. The van der Waals surface area contributed by atoms with Gasteiger partial charge in [0.25, 0.3) is 0 Å². The number of carbonyl (C=O) groups excluding carboxylic acids is 1. The minimum atomic E-state index is -1.58. The molecule has 0 bridgehead atoms. The molecular weight excluding hydrogens is 1080 g/mol. The van der Waals surface area contributed by atoms with Gasteiger partial charge in [-0.1, -0.05) is 351 Å². The first kappa shape index (κ1) is 82.9. The quantitative estimate of drug-likeness (QED) is 0.0261. The van der Waals surface area contributed by atoms with Crippen molar-refractivity contribution >= 4 is 5.91 Å². The lowest BCUT2D eigenvalue weighted by molar-refractivity contribution is -0.302. The summed E-state index contributed by atoms with van der Waals surface area (Å²) in [4.78, 5) is 13.1. The Morgan fingerprint density at radius 3 is 1.03 bits per heavy atom. The lowest BCUT2D eigenvalue weighted by Crippen LogP contribution is -2.60. The fourth-order valence-corrected chi connectivity index (χ4v) is 12.1. The Bertz CT molecular complexity index is 1560. The van der Waals surface area contributed by atoms with Crippen molar-refractivity contribution in [1.82, 2.24) is 5.32 Å². The van der Waals surface area contributed by atoms with Crippen LogP contribution in [0.4, 0.5) is 0 Å². The van der Waals surface area contributed by atoms with Gasteiger partial charge in [-0.2, -0.15) is 0 Å². The molecule has 9 nitrogen and oxygen atoms in total. The van der Waals surface area contributed by atoms with E-state index in [9.17, 15) is 30.3 Å². The lowest BCUT2D eigenvalue weighted by Gasteiger charge is -2.40. The van der Waals surface area contributed by atoms with Crippen LogP contribution >= 0.6 is 0 Å². The molecule has 510 valence electrons. The van der Waals surface area contributed by atoms with Gasteiger partial charge in [0, 0.05) is 6.42 Å². The average Bonchev–Trinajstić information content (AvgIpc) is 3.47. The molecular formula is C78H145NO8. The van der Waals surface area contributed by atoms with Crippen LogP contribution in [0.15, 0.2) is 60.8 Å². The van der Waals surface area contributed by atoms with Crippen molar-refractivity contribution < 1.29 is 39.8 Å². The van der Waals surface area contributed by atoms with Crippen LogP contribution in [-0.4, -0.2) is 87.5 Å². The Balaban J connectivity index is 2.12. The number of allylic oxidation sites excluding steroid dienone is 9. The van der Waals surface area contributed by atoms with Gasteiger partial charge in [-0.05, 0) is 77.0 Å². The maximum absolute atomic E-state index is 13.1. The van der Waals surface area contributed by atoms with Crippen molar-refractivity contribution in [2.75, 3.05) is 13.2 Å². The molecule has 1 saturated heterocycles. The van der Waals surface area contributed by atoms with Crippen LogP contribution in [0.25, 0.3) is 0 Å². The van der Waals surface area contributed by atoms with E-state index in [1.54, 1.807) is 6.08 Å². The van der Waals surface area contributed by atoms with Crippen LogP contribution in [0.3, 0.4) is 0 Å². The first-order valence-corrected chi connectivity index (χ1v) is 38.0. The van der Waals surface area contributed by atoms with E-state index in [1.165, 1.54) is 302 Å². The van der Waals surface area contributed by atoms with Crippen LogP contribution in [0.2, 0.25) is 0 Å². The van der Waals surface area contributed by atoms with E-state index in [0.717, 1.165) is 51.4 Å². The number of rotatable bonds is 67. The Kier molecular flexibility index (Phi) is 63.7. The fourth-order valence-electron chi connectivity index (χ4n) is 12.1. The van der Waals surface area contributed by atoms with E-state index < -0.39 is 49.5 Å². The largest absolute Gasteiger partial charge is 0.394 e. The monoisotopic (exact) mass is 1220 g/mol. The van der Waals surface area contributed by atoms with Crippen molar-refractivity contribution in [3.63, 3.8) is 0 Å². The van der Waals surface area contributed by atoms with Crippen LogP contribution < -0.4 is 5.32 Å². The van der Waals surface area contributed by atoms with E-state index in [0.29, 0.717) is 6.42 Å². The van der Waals surface area contributed by atoms with Crippen molar-refractivity contribution in [3.05, 3.63) is 60.8 Å². The molecule has 1 rings (SSSR count). The first-order valence-electron chi connectivity index (χ1n) is 38.0. The number of nitrogens with one attached hydrogen (secondary N) is 1. The van der Waals surface area contributed by atoms with E-state index in [-0.39, 0.29) is 12.5 Å². The highest BCUT2D eigenvalue weighted by molar-refractivity contribution is 5.76. The summed E-state index contributed by atoms with van der Waals surface area (Å²) >= 11 is 0. The molecule has 7 unspecified atom stereocenters. The maximum atomic E-state index is 13.1. The van der Waals surface area contributed by atoms with Crippen LogP contribution in [-0.2, 0) is 14.3 Å². The molecule has 7 atom stereocenters. The molecule has 9 heteroatoms. The minimum Gasteiger partial charge on any atom is -0.394 e. The maximum Gasteiger partial charge on any atom is 0.220 e. The molecule has 1 fully saturated rings. The zero-order valence-electron chi connectivity index (χ0n) is 57.3. The number of amides is 1. The number of hydrogen-bond donors (Lipinski definition) is 6. The highest BCUT2D eigenvalue weighted by Gasteiger charge is 2.44. The average molecular weight is 1230 g/mol. The summed E-state index contributed by atoms with van der Waals surface area (Å²) in [5.41, 5.74) is 0. The zero-order chi connectivity index (χ0) is 62.8. The van der Waals surface area contributed by atoms with Gasteiger partial charge in [0.2, 0.25) is 5.91 Å². The molecule has 6 N–H and O–H groups in total. The molecule has 0 aromatic heterocycles. The SMILES string of the molecule is CCCCCCC/C=C\C/C=C\CCCCCCCCCCCCCCCCCCCCCC(=O)NC(COC1OC(CO)C(O)C(O)C1O)C(O)/C=C/CC/C=C/CC/C=C/CCCCCCCCCCCCCCCCCCCCCCCCC. The van der Waals surface area contributed by atoms with Gasteiger partial charge in [-0.3, -0.25) is 4.79 Å². The van der Waals surface area contributed by atoms with Crippen molar-refractivity contribution in [3.8, 4) is 0 Å². The second-order valence-corrected chi connectivity index (χ2v) is 26.4. The summed E-state index contributed by atoms with van der Waals surface area (Å²) in [5, 5.41) is 54.8. The standard InChI is InChI=1S/C78H145NO8/c1-3-5-7-9-11-13-15-17-19-21-23-25-27-29-31-33-35-36-38-39-41-43-45-47-49-51-53-55-57-59-61-63-65-67-72(81)71(70-86-78-77(85)76(84)75(83)73(69-80)87-78)79-74(82)68-66-64-62-60-58-56-54-52-50-48-46-44-42-40-37-34-32-30-28-26-24-22-20-18-16-14-12-10-8-6-4-2/h16,18,22,24,49,51,57,59,65,67,71-73,75-78,80-81,83-85H,3-15,17,19-21,23,25-48,50,52-56,58,60-64,66,68-70H2,1-2H3,(H,79,82)/b18-16-,24-22-,51-49+,59-57+,67-65+. The summed E-state index contributed by atoms with van der Waals surface area (Å²) in [7, 11) is 0. The summed E-state index contributed by atoms with van der Waals surface area (Å²) in [6.45, 7) is 3.80. The number of ether oxygens (including phenoxy) is 2. The fraction of sp³-hybridized carbons (Fsp3) is 0.859. The third-order valence-corrected chi connectivity index (χ3v) is 18.0. The van der Waals surface area contributed by atoms with Crippen molar-refractivity contribution in [1.29, 1.82) is 0 Å². The van der Waals surface area contributed by atoms with Gasteiger partial charge in [-0.25, -0.2) is 0 Å². The summed E-state index contributed by atoms with van der Waals surface area (Å²) < 4.78 is 11.3. The number of aliphatic hydroxyl groups excluding tert-OH is 5. The number of unbranched alkanes of at least 4 members (excludes halogenated alkanes) is 49. The van der Waals surface area contributed by atoms with E-state index >= 15 is 0 Å². The molecule has 1 aliphatic rings. The number of hydrogen-bond acceptors (Lipinski definition) is 8. The van der Waals surface area contributed by atoms with Crippen LogP contribution in [0.1, 0.15) is 373 Å². The molecule has 0 aliphatic carbocycles. The third-order valence-electron chi connectivity index (χ3n) is 18.0. The number of carbonyl (C=O) groups is 1. The van der Waals surface area contributed by atoms with E-state index in [2.05, 4.69) is 67.8 Å². The van der Waals surface area contributed by atoms with Gasteiger partial charge < -0.3 is 40.3 Å². The normalized spacial score (nSPS) is 18.3. The second-order valence-electron chi connectivity index (χ2n) is 26.4. The Morgan fingerprint density at radius 2 is 0.690 bits per heavy atom.